The molecule has 1 aromatic heterocycles. The SMILES string of the molecule is CC(C)(C)c1nc2cccc(F)c2o1. The van der Waals surface area contributed by atoms with Crippen LogP contribution < -0.4 is 0 Å². The number of aromatic nitrogens is 1. The molecule has 2 aromatic rings. The minimum Gasteiger partial charge on any atom is -0.437 e. The van der Waals surface area contributed by atoms with Crippen molar-refractivity contribution < 1.29 is 8.81 Å². The van der Waals surface area contributed by atoms with Crippen LogP contribution in [0.5, 0.6) is 0 Å². The summed E-state index contributed by atoms with van der Waals surface area (Å²) in [5, 5.41) is 0. The number of benzene rings is 1. The molecular weight excluding hydrogens is 181 g/mol. The van der Waals surface area contributed by atoms with Crippen LogP contribution in [0.1, 0.15) is 26.7 Å². The van der Waals surface area contributed by atoms with Crippen LogP contribution in [0.25, 0.3) is 11.1 Å². The van der Waals surface area contributed by atoms with Crippen LogP contribution in [0.15, 0.2) is 22.6 Å². The van der Waals surface area contributed by atoms with Crippen molar-refractivity contribution in [2.24, 2.45) is 0 Å². The first-order valence-electron chi connectivity index (χ1n) is 4.54. The van der Waals surface area contributed by atoms with E-state index in [-0.39, 0.29) is 16.8 Å². The second kappa shape index (κ2) is 2.80. The molecule has 0 unspecified atom stereocenters. The van der Waals surface area contributed by atoms with Gasteiger partial charge in [-0.2, -0.15) is 0 Å². The third kappa shape index (κ3) is 1.39. The van der Waals surface area contributed by atoms with E-state index < -0.39 is 0 Å². The maximum atomic E-state index is 13.3. The molecule has 0 radical (unpaired) electrons. The van der Waals surface area contributed by atoms with E-state index in [0.717, 1.165) is 0 Å². The van der Waals surface area contributed by atoms with Crippen LogP contribution in [-0.4, -0.2) is 4.98 Å². The molecule has 1 heterocycles. The molecule has 0 saturated carbocycles. The van der Waals surface area contributed by atoms with E-state index in [1.165, 1.54) is 6.07 Å². The lowest BCUT2D eigenvalue weighted by Crippen LogP contribution is -2.10. The van der Waals surface area contributed by atoms with Crippen LogP contribution in [0.3, 0.4) is 0 Å². The first-order valence-corrected chi connectivity index (χ1v) is 4.54. The normalized spacial score (nSPS) is 12.3. The third-order valence-electron chi connectivity index (χ3n) is 2.01. The fraction of sp³-hybridized carbons (Fsp3) is 0.364. The zero-order valence-electron chi connectivity index (χ0n) is 8.47. The number of fused-ring (bicyclic) bond motifs is 1. The maximum absolute atomic E-state index is 13.3. The Bertz CT molecular complexity index is 468. The zero-order valence-corrected chi connectivity index (χ0v) is 8.47. The summed E-state index contributed by atoms with van der Waals surface area (Å²) < 4.78 is 18.6. The highest BCUT2D eigenvalue weighted by Gasteiger charge is 2.21. The highest BCUT2D eigenvalue weighted by molar-refractivity contribution is 5.73. The lowest BCUT2D eigenvalue weighted by Gasteiger charge is -2.11. The van der Waals surface area contributed by atoms with Gasteiger partial charge >= 0.3 is 0 Å². The van der Waals surface area contributed by atoms with Crippen molar-refractivity contribution in [2.45, 2.75) is 26.2 Å². The first kappa shape index (κ1) is 9.19. The number of para-hydroxylation sites is 1. The number of nitrogens with zero attached hydrogens (tertiary/aromatic N) is 1. The molecular formula is C11H12FNO. The van der Waals surface area contributed by atoms with Crippen molar-refractivity contribution in [2.75, 3.05) is 0 Å². The van der Waals surface area contributed by atoms with Crippen molar-refractivity contribution in [1.29, 1.82) is 0 Å². The molecule has 0 saturated heterocycles. The average Bonchev–Trinajstić information content (AvgIpc) is 2.48. The van der Waals surface area contributed by atoms with E-state index in [1.54, 1.807) is 12.1 Å². The van der Waals surface area contributed by atoms with Crippen molar-refractivity contribution in [3.63, 3.8) is 0 Å². The van der Waals surface area contributed by atoms with E-state index >= 15 is 0 Å². The minimum atomic E-state index is -0.356. The van der Waals surface area contributed by atoms with E-state index in [0.29, 0.717) is 11.4 Å². The fourth-order valence-corrected chi connectivity index (χ4v) is 1.24. The maximum Gasteiger partial charge on any atom is 0.201 e. The van der Waals surface area contributed by atoms with Gasteiger partial charge in [-0.3, -0.25) is 0 Å². The van der Waals surface area contributed by atoms with Crippen molar-refractivity contribution in [3.05, 3.63) is 29.9 Å². The Labute approximate surface area is 81.8 Å². The Morgan fingerprint density at radius 1 is 1.29 bits per heavy atom. The molecule has 0 atom stereocenters. The van der Waals surface area contributed by atoms with Crippen molar-refractivity contribution >= 4 is 11.1 Å². The molecule has 2 nitrogen and oxygen atoms in total. The van der Waals surface area contributed by atoms with Gasteiger partial charge in [0.05, 0.1) is 0 Å². The molecule has 0 amide bonds. The molecule has 0 spiro atoms. The number of hydrogen-bond donors (Lipinski definition) is 0. The summed E-state index contributed by atoms with van der Waals surface area (Å²) in [5.41, 5.74) is 0.637. The molecule has 3 heteroatoms. The van der Waals surface area contributed by atoms with E-state index in [1.807, 2.05) is 20.8 Å². The van der Waals surface area contributed by atoms with Gasteiger partial charge in [0.15, 0.2) is 11.4 Å². The molecule has 0 bridgehead atoms. The van der Waals surface area contributed by atoms with Gasteiger partial charge in [-0.1, -0.05) is 26.8 Å². The Hall–Kier alpha value is -1.38. The standard InChI is InChI=1S/C11H12FNO/c1-11(2,3)10-13-8-6-4-5-7(12)9(8)14-10/h4-6H,1-3H3. The topological polar surface area (TPSA) is 26.0 Å². The number of oxazole rings is 1. The molecule has 0 aliphatic carbocycles. The molecule has 0 aliphatic heterocycles. The van der Waals surface area contributed by atoms with E-state index in [9.17, 15) is 4.39 Å². The summed E-state index contributed by atoms with van der Waals surface area (Å²) in [7, 11) is 0. The second-order valence-corrected chi connectivity index (χ2v) is 4.36. The van der Waals surface area contributed by atoms with Crippen LogP contribution >= 0.6 is 0 Å². The van der Waals surface area contributed by atoms with Crippen LogP contribution in [0.4, 0.5) is 4.39 Å². The van der Waals surface area contributed by atoms with Gasteiger partial charge in [0.2, 0.25) is 5.89 Å². The Morgan fingerprint density at radius 2 is 2.00 bits per heavy atom. The number of halogens is 1. The quantitative estimate of drug-likeness (QED) is 0.641. The van der Waals surface area contributed by atoms with Crippen LogP contribution in [0, 0.1) is 5.82 Å². The van der Waals surface area contributed by atoms with E-state index in [2.05, 4.69) is 4.98 Å². The highest BCUT2D eigenvalue weighted by atomic mass is 19.1. The molecule has 0 N–H and O–H groups in total. The summed E-state index contributed by atoms with van der Waals surface area (Å²) in [5.74, 6) is 0.211. The van der Waals surface area contributed by atoms with Crippen molar-refractivity contribution in [1.82, 2.24) is 4.98 Å². The molecule has 0 fully saturated rings. The van der Waals surface area contributed by atoms with Gasteiger partial charge in [-0.15, -0.1) is 0 Å². The minimum absolute atomic E-state index is 0.189. The predicted molar refractivity (Wildman–Crippen MR) is 52.7 cm³/mol. The summed E-state index contributed by atoms with van der Waals surface area (Å²) in [4.78, 5) is 4.24. The van der Waals surface area contributed by atoms with Gasteiger partial charge in [0, 0.05) is 5.41 Å². The predicted octanol–water partition coefficient (Wildman–Crippen LogP) is 3.26. The third-order valence-corrected chi connectivity index (χ3v) is 2.01. The second-order valence-electron chi connectivity index (χ2n) is 4.36. The van der Waals surface area contributed by atoms with Crippen LogP contribution in [0.2, 0.25) is 0 Å². The molecule has 0 aliphatic rings. The molecule has 14 heavy (non-hydrogen) atoms. The van der Waals surface area contributed by atoms with Crippen molar-refractivity contribution in [3.8, 4) is 0 Å². The smallest absolute Gasteiger partial charge is 0.201 e. The molecule has 2 rings (SSSR count). The summed E-state index contributed by atoms with van der Waals surface area (Å²) in [6.45, 7) is 5.95. The van der Waals surface area contributed by atoms with Gasteiger partial charge in [-0.25, -0.2) is 9.37 Å². The Morgan fingerprint density at radius 3 is 2.57 bits per heavy atom. The van der Waals surface area contributed by atoms with E-state index in [4.69, 9.17) is 4.42 Å². The zero-order chi connectivity index (χ0) is 10.3. The number of rotatable bonds is 0. The average molecular weight is 193 g/mol. The Balaban J connectivity index is 2.69. The monoisotopic (exact) mass is 193 g/mol. The highest BCUT2D eigenvalue weighted by Crippen LogP contribution is 2.26. The molecule has 1 aromatic carbocycles. The van der Waals surface area contributed by atoms with Gasteiger partial charge < -0.3 is 4.42 Å². The van der Waals surface area contributed by atoms with Crippen LogP contribution in [-0.2, 0) is 5.41 Å². The number of hydrogen-bond acceptors (Lipinski definition) is 2. The van der Waals surface area contributed by atoms with Gasteiger partial charge in [0.1, 0.15) is 5.52 Å². The Kier molecular flexibility index (Phi) is 1.84. The first-order chi connectivity index (χ1) is 6.48. The summed E-state index contributed by atoms with van der Waals surface area (Å²) in [6.07, 6.45) is 0. The lowest BCUT2D eigenvalue weighted by atomic mass is 9.97. The molecule has 74 valence electrons. The van der Waals surface area contributed by atoms with Gasteiger partial charge in [-0.05, 0) is 12.1 Å². The largest absolute Gasteiger partial charge is 0.437 e. The summed E-state index contributed by atoms with van der Waals surface area (Å²) in [6, 6.07) is 4.75. The fourth-order valence-electron chi connectivity index (χ4n) is 1.24. The lowest BCUT2D eigenvalue weighted by molar-refractivity contribution is 0.404. The summed E-state index contributed by atoms with van der Waals surface area (Å²) >= 11 is 0. The van der Waals surface area contributed by atoms with Gasteiger partial charge in [0.25, 0.3) is 0 Å².